The quantitative estimate of drug-likeness (QED) is 0.898. The lowest BCUT2D eigenvalue weighted by Crippen LogP contribution is -2.32. The minimum atomic E-state index is 0.0657. The summed E-state index contributed by atoms with van der Waals surface area (Å²) in [5.41, 5.74) is 2.12. The van der Waals surface area contributed by atoms with E-state index in [-0.39, 0.29) is 5.91 Å². The van der Waals surface area contributed by atoms with Gasteiger partial charge >= 0.3 is 0 Å². The molecule has 0 unspecified atom stereocenters. The molecule has 6 heteroatoms. The zero-order chi connectivity index (χ0) is 17.4. The Balaban J connectivity index is 1.61. The van der Waals surface area contributed by atoms with E-state index in [0.717, 1.165) is 44.6 Å². The van der Waals surface area contributed by atoms with Crippen LogP contribution in [0.15, 0.2) is 30.5 Å². The van der Waals surface area contributed by atoms with Crippen molar-refractivity contribution < 1.29 is 4.79 Å². The van der Waals surface area contributed by atoms with Crippen molar-refractivity contribution in [3.63, 3.8) is 0 Å². The van der Waals surface area contributed by atoms with Crippen molar-refractivity contribution in [3.05, 3.63) is 41.0 Å². The fraction of sp³-hybridized carbons (Fsp3) is 0.474. The summed E-state index contributed by atoms with van der Waals surface area (Å²) in [7, 11) is 1.84. The van der Waals surface area contributed by atoms with E-state index < -0.39 is 0 Å². The van der Waals surface area contributed by atoms with E-state index in [0.29, 0.717) is 28.1 Å². The van der Waals surface area contributed by atoms with Gasteiger partial charge in [0, 0.05) is 31.9 Å². The second-order valence-electron chi connectivity index (χ2n) is 7.09. The summed E-state index contributed by atoms with van der Waals surface area (Å²) in [5.74, 6) is 1.47. The third-order valence-electron chi connectivity index (χ3n) is 5.49. The zero-order valence-electron chi connectivity index (χ0n) is 14.4. The predicted molar refractivity (Wildman–Crippen MR) is 98.6 cm³/mol. The maximum absolute atomic E-state index is 13.2. The lowest BCUT2D eigenvalue weighted by atomic mass is 9.92. The Morgan fingerprint density at radius 1 is 1.20 bits per heavy atom. The molecule has 0 saturated carbocycles. The fourth-order valence-corrected chi connectivity index (χ4v) is 4.31. The van der Waals surface area contributed by atoms with Crippen LogP contribution in [0.2, 0.25) is 5.02 Å². The normalized spacial score (nSPS) is 23.4. The minimum absolute atomic E-state index is 0.0657. The molecule has 4 rings (SSSR count). The molecular weight excluding hydrogens is 336 g/mol. The molecule has 2 atom stereocenters. The molecule has 132 valence electrons. The van der Waals surface area contributed by atoms with Crippen LogP contribution in [0.4, 0.5) is 0 Å². The number of amides is 1. The summed E-state index contributed by atoms with van der Waals surface area (Å²) in [4.78, 5) is 15.2. The maximum Gasteiger partial charge on any atom is 0.257 e. The number of nitrogens with one attached hydrogen (secondary N) is 1. The standard InChI is InChI=1S/C19H23ClN4O/c1-23-12-16(18(22-23)15-4-2-3-5-17(15)20)19(25)24-8-6-13-10-21-11-14(13)7-9-24/h2-5,12-14,21H,6-11H2,1H3/t13-,14+. The van der Waals surface area contributed by atoms with Crippen LogP contribution in [-0.4, -0.2) is 46.8 Å². The van der Waals surface area contributed by atoms with E-state index in [9.17, 15) is 4.79 Å². The summed E-state index contributed by atoms with van der Waals surface area (Å²) in [5, 5.41) is 8.61. The SMILES string of the molecule is Cn1cc(C(=O)N2CC[C@@H]3CNC[C@@H]3CC2)c(-c2ccccc2Cl)n1. The Morgan fingerprint density at radius 3 is 2.56 bits per heavy atom. The Hall–Kier alpha value is -1.85. The van der Waals surface area contributed by atoms with Crippen LogP contribution in [0.3, 0.4) is 0 Å². The monoisotopic (exact) mass is 358 g/mol. The Kier molecular flexibility index (Phi) is 4.52. The number of aryl methyl sites for hydroxylation is 1. The second kappa shape index (κ2) is 6.81. The number of aromatic nitrogens is 2. The van der Waals surface area contributed by atoms with Crippen molar-refractivity contribution in [1.82, 2.24) is 20.0 Å². The molecule has 2 aliphatic rings. The first-order chi connectivity index (χ1) is 12.1. The van der Waals surface area contributed by atoms with Crippen molar-refractivity contribution in [2.24, 2.45) is 18.9 Å². The molecule has 1 aromatic carbocycles. The van der Waals surface area contributed by atoms with Gasteiger partial charge in [-0.2, -0.15) is 5.10 Å². The third-order valence-corrected chi connectivity index (χ3v) is 5.82. The number of benzene rings is 1. The van der Waals surface area contributed by atoms with E-state index in [1.165, 1.54) is 0 Å². The lowest BCUT2D eigenvalue weighted by Gasteiger charge is -2.21. The average Bonchev–Trinajstić information content (AvgIpc) is 3.16. The highest BCUT2D eigenvalue weighted by Crippen LogP contribution is 2.31. The molecule has 0 aliphatic carbocycles. The molecule has 2 aliphatic heterocycles. The van der Waals surface area contributed by atoms with Crippen molar-refractivity contribution in [3.8, 4) is 11.3 Å². The summed E-state index contributed by atoms with van der Waals surface area (Å²) >= 11 is 6.34. The molecule has 5 nitrogen and oxygen atoms in total. The number of nitrogens with zero attached hydrogens (tertiary/aromatic N) is 3. The average molecular weight is 359 g/mol. The largest absolute Gasteiger partial charge is 0.339 e. The summed E-state index contributed by atoms with van der Waals surface area (Å²) in [6.07, 6.45) is 3.96. The van der Waals surface area contributed by atoms with Crippen LogP contribution >= 0.6 is 11.6 Å². The first-order valence-electron chi connectivity index (χ1n) is 8.92. The smallest absolute Gasteiger partial charge is 0.257 e. The Bertz CT molecular complexity index is 773. The molecule has 0 spiro atoms. The van der Waals surface area contributed by atoms with Crippen LogP contribution in [0.5, 0.6) is 0 Å². The number of hydrogen-bond acceptors (Lipinski definition) is 3. The highest BCUT2D eigenvalue weighted by molar-refractivity contribution is 6.33. The van der Waals surface area contributed by atoms with E-state index in [1.54, 1.807) is 4.68 Å². The zero-order valence-corrected chi connectivity index (χ0v) is 15.2. The van der Waals surface area contributed by atoms with Gasteiger partial charge in [0.1, 0.15) is 5.69 Å². The van der Waals surface area contributed by atoms with Crippen LogP contribution in [0.1, 0.15) is 23.2 Å². The van der Waals surface area contributed by atoms with Crippen molar-refractivity contribution in [1.29, 1.82) is 0 Å². The van der Waals surface area contributed by atoms with E-state index in [2.05, 4.69) is 10.4 Å². The first-order valence-corrected chi connectivity index (χ1v) is 9.30. The molecule has 25 heavy (non-hydrogen) atoms. The van der Waals surface area contributed by atoms with Crippen LogP contribution in [0, 0.1) is 11.8 Å². The number of likely N-dealkylation sites (tertiary alicyclic amines) is 1. The Labute approximate surface area is 153 Å². The molecule has 0 bridgehead atoms. The van der Waals surface area contributed by atoms with Gasteiger partial charge in [0.05, 0.1) is 10.6 Å². The maximum atomic E-state index is 13.2. The summed E-state index contributed by atoms with van der Waals surface area (Å²) in [6.45, 7) is 3.81. The van der Waals surface area contributed by atoms with Gasteiger partial charge in [-0.1, -0.05) is 29.8 Å². The number of hydrogen-bond donors (Lipinski definition) is 1. The number of carbonyl (C=O) groups is 1. The van der Waals surface area contributed by atoms with Gasteiger partial charge in [-0.05, 0) is 43.8 Å². The van der Waals surface area contributed by atoms with Gasteiger partial charge in [0.2, 0.25) is 0 Å². The summed E-state index contributed by atoms with van der Waals surface area (Å²) in [6, 6.07) is 7.56. The molecule has 1 aromatic heterocycles. The van der Waals surface area contributed by atoms with Gasteiger partial charge < -0.3 is 10.2 Å². The van der Waals surface area contributed by atoms with Crippen molar-refractivity contribution in [2.75, 3.05) is 26.2 Å². The van der Waals surface area contributed by atoms with Crippen LogP contribution in [-0.2, 0) is 7.05 Å². The van der Waals surface area contributed by atoms with Gasteiger partial charge in [-0.15, -0.1) is 0 Å². The van der Waals surface area contributed by atoms with Crippen LogP contribution in [0.25, 0.3) is 11.3 Å². The van der Waals surface area contributed by atoms with Crippen molar-refractivity contribution >= 4 is 17.5 Å². The van der Waals surface area contributed by atoms with Gasteiger partial charge in [-0.3, -0.25) is 9.48 Å². The molecule has 2 saturated heterocycles. The first kappa shape index (κ1) is 16.6. The molecule has 0 radical (unpaired) electrons. The highest BCUT2D eigenvalue weighted by atomic mass is 35.5. The van der Waals surface area contributed by atoms with E-state index in [1.807, 2.05) is 42.4 Å². The summed E-state index contributed by atoms with van der Waals surface area (Å²) < 4.78 is 1.70. The number of rotatable bonds is 2. The second-order valence-corrected chi connectivity index (χ2v) is 7.50. The topological polar surface area (TPSA) is 50.2 Å². The number of carbonyl (C=O) groups excluding carboxylic acids is 1. The predicted octanol–water partition coefficient (Wildman–Crippen LogP) is 2.81. The molecule has 2 aromatic rings. The molecule has 1 amide bonds. The van der Waals surface area contributed by atoms with Gasteiger partial charge in [0.15, 0.2) is 0 Å². The lowest BCUT2D eigenvalue weighted by molar-refractivity contribution is 0.0759. The van der Waals surface area contributed by atoms with E-state index in [4.69, 9.17) is 11.6 Å². The third kappa shape index (κ3) is 3.18. The highest BCUT2D eigenvalue weighted by Gasteiger charge is 2.32. The minimum Gasteiger partial charge on any atom is -0.339 e. The molecule has 1 N–H and O–H groups in total. The number of halogens is 1. The van der Waals surface area contributed by atoms with E-state index >= 15 is 0 Å². The van der Waals surface area contributed by atoms with Crippen molar-refractivity contribution in [2.45, 2.75) is 12.8 Å². The molecule has 3 heterocycles. The van der Waals surface area contributed by atoms with Gasteiger partial charge in [-0.25, -0.2) is 0 Å². The molecule has 2 fully saturated rings. The molecular formula is C19H23ClN4O. The fourth-order valence-electron chi connectivity index (χ4n) is 4.09. The Morgan fingerprint density at radius 2 is 1.88 bits per heavy atom. The van der Waals surface area contributed by atoms with Gasteiger partial charge in [0.25, 0.3) is 5.91 Å². The number of fused-ring (bicyclic) bond motifs is 1. The van der Waals surface area contributed by atoms with Crippen LogP contribution < -0.4 is 5.32 Å².